The lowest BCUT2D eigenvalue weighted by molar-refractivity contribution is -0.128. The van der Waals surface area contributed by atoms with Crippen LogP contribution in [0.15, 0.2) is 18.2 Å². The van der Waals surface area contributed by atoms with Crippen LogP contribution in [-0.2, 0) is 4.79 Å². The van der Waals surface area contributed by atoms with Crippen LogP contribution in [0, 0.1) is 17.7 Å². The predicted molar refractivity (Wildman–Crippen MR) is 78.0 cm³/mol. The van der Waals surface area contributed by atoms with Crippen LogP contribution >= 0.6 is 0 Å². The van der Waals surface area contributed by atoms with Gasteiger partial charge < -0.3 is 16.0 Å². The van der Waals surface area contributed by atoms with Gasteiger partial charge in [0, 0.05) is 32.6 Å². The van der Waals surface area contributed by atoms with Crippen molar-refractivity contribution in [2.75, 3.05) is 27.2 Å². The van der Waals surface area contributed by atoms with E-state index < -0.39 is 11.7 Å². The fourth-order valence-electron chi connectivity index (χ4n) is 1.51. The predicted octanol–water partition coefficient (Wildman–Crippen LogP) is 0.344. The van der Waals surface area contributed by atoms with Gasteiger partial charge in [0.05, 0.1) is 12.1 Å². The van der Waals surface area contributed by atoms with Gasteiger partial charge in [0.15, 0.2) is 0 Å². The van der Waals surface area contributed by atoms with Gasteiger partial charge >= 0.3 is 0 Å². The first kappa shape index (κ1) is 16.7. The highest BCUT2D eigenvalue weighted by Crippen LogP contribution is 2.09. The monoisotopic (exact) mass is 291 g/mol. The van der Waals surface area contributed by atoms with Crippen LogP contribution in [0.25, 0.3) is 0 Å². The van der Waals surface area contributed by atoms with Gasteiger partial charge in [0.2, 0.25) is 5.91 Å². The van der Waals surface area contributed by atoms with E-state index in [9.17, 15) is 14.0 Å². The van der Waals surface area contributed by atoms with Crippen molar-refractivity contribution >= 4 is 11.8 Å². The summed E-state index contributed by atoms with van der Waals surface area (Å²) >= 11 is 0. The van der Waals surface area contributed by atoms with Crippen LogP contribution in [0.5, 0.6) is 0 Å². The average molecular weight is 291 g/mol. The Balaban J connectivity index is 2.63. The third-order valence-electron chi connectivity index (χ3n) is 2.68. The second kappa shape index (κ2) is 8.02. The molecule has 5 nitrogen and oxygen atoms in total. The van der Waals surface area contributed by atoms with Gasteiger partial charge in [-0.1, -0.05) is 11.8 Å². The van der Waals surface area contributed by atoms with E-state index >= 15 is 0 Å². The number of nitrogens with two attached hydrogens (primary N) is 1. The van der Waals surface area contributed by atoms with Crippen LogP contribution in [0.2, 0.25) is 0 Å². The topological polar surface area (TPSA) is 75.4 Å². The molecule has 0 bridgehead atoms. The minimum Gasteiger partial charge on any atom is -0.352 e. The second-order valence-corrected chi connectivity index (χ2v) is 4.49. The van der Waals surface area contributed by atoms with Crippen LogP contribution in [0.4, 0.5) is 4.39 Å². The Morgan fingerprint density at radius 3 is 2.67 bits per heavy atom. The number of halogens is 1. The number of amides is 2. The Bertz CT molecular complexity index is 588. The smallest absolute Gasteiger partial charge is 0.251 e. The molecule has 112 valence electrons. The van der Waals surface area contributed by atoms with Crippen molar-refractivity contribution in [2.24, 2.45) is 5.73 Å². The Morgan fingerprint density at radius 2 is 2.10 bits per heavy atom. The number of rotatable bonds is 4. The van der Waals surface area contributed by atoms with Crippen LogP contribution in [0.3, 0.4) is 0 Å². The normalized spacial score (nSPS) is 9.52. The maximum Gasteiger partial charge on any atom is 0.251 e. The number of carbonyl (C=O) groups is 2. The Labute approximate surface area is 123 Å². The molecule has 0 saturated carbocycles. The fraction of sp³-hybridized carbons (Fsp3) is 0.333. The summed E-state index contributed by atoms with van der Waals surface area (Å²) in [4.78, 5) is 24.6. The lowest BCUT2D eigenvalue weighted by atomic mass is 10.1. The van der Waals surface area contributed by atoms with E-state index in [2.05, 4.69) is 17.2 Å². The van der Waals surface area contributed by atoms with Crippen molar-refractivity contribution in [3.8, 4) is 11.8 Å². The molecule has 21 heavy (non-hydrogen) atoms. The van der Waals surface area contributed by atoms with E-state index in [1.165, 1.54) is 17.0 Å². The summed E-state index contributed by atoms with van der Waals surface area (Å²) in [5, 5.41) is 2.57. The molecule has 0 aliphatic heterocycles. The first-order chi connectivity index (χ1) is 9.95. The van der Waals surface area contributed by atoms with E-state index in [4.69, 9.17) is 5.73 Å². The zero-order chi connectivity index (χ0) is 15.8. The molecule has 1 aromatic carbocycles. The lowest BCUT2D eigenvalue weighted by Gasteiger charge is -2.10. The van der Waals surface area contributed by atoms with Crippen LogP contribution in [-0.4, -0.2) is 43.9 Å². The van der Waals surface area contributed by atoms with Gasteiger partial charge in [-0.25, -0.2) is 4.39 Å². The minimum atomic E-state index is -0.576. The average Bonchev–Trinajstić information content (AvgIpc) is 2.45. The molecule has 0 unspecified atom stereocenters. The first-order valence-electron chi connectivity index (χ1n) is 6.42. The van der Waals surface area contributed by atoms with E-state index in [0.29, 0.717) is 0 Å². The first-order valence-corrected chi connectivity index (χ1v) is 6.42. The second-order valence-electron chi connectivity index (χ2n) is 4.49. The van der Waals surface area contributed by atoms with Gasteiger partial charge in [-0.05, 0) is 18.2 Å². The summed E-state index contributed by atoms with van der Waals surface area (Å²) in [5.41, 5.74) is 5.59. The lowest BCUT2D eigenvalue weighted by Crippen LogP contribution is -2.30. The van der Waals surface area contributed by atoms with Crippen molar-refractivity contribution in [1.82, 2.24) is 10.2 Å². The summed E-state index contributed by atoms with van der Waals surface area (Å²) in [7, 11) is 3.28. The zero-order valence-electron chi connectivity index (χ0n) is 12.1. The fourth-order valence-corrected chi connectivity index (χ4v) is 1.51. The molecule has 0 aromatic heterocycles. The highest BCUT2D eigenvalue weighted by molar-refractivity contribution is 5.94. The van der Waals surface area contributed by atoms with E-state index in [1.54, 1.807) is 14.1 Å². The molecular weight excluding hydrogens is 273 g/mol. The van der Waals surface area contributed by atoms with Crippen LogP contribution in [0.1, 0.15) is 22.3 Å². The number of benzene rings is 1. The number of nitrogens with one attached hydrogen (secondary N) is 1. The van der Waals surface area contributed by atoms with E-state index in [0.717, 1.165) is 6.07 Å². The molecule has 0 aliphatic rings. The number of carbonyl (C=O) groups excluding carboxylic acids is 2. The summed E-state index contributed by atoms with van der Waals surface area (Å²) in [5.74, 6) is 4.03. The van der Waals surface area contributed by atoms with Gasteiger partial charge in [0.25, 0.3) is 5.91 Å². The molecule has 3 N–H and O–H groups in total. The van der Waals surface area contributed by atoms with Crippen LogP contribution < -0.4 is 11.1 Å². The minimum absolute atomic E-state index is 0.0890. The highest BCUT2D eigenvalue weighted by atomic mass is 19.1. The van der Waals surface area contributed by atoms with Crippen molar-refractivity contribution < 1.29 is 14.0 Å². The Kier molecular flexibility index (Phi) is 6.37. The molecule has 2 amide bonds. The van der Waals surface area contributed by atoms with Gasteiger partial charge in [-0.15, -0.1) is 0 Å². The molecule has 1 rings (SSSR count). The maximum absolute atomic E-state index is 13.7. The molecule has 1 aromatic rings. The Morgan fingerprint density at radius 1 is 1.38 bits per heavy atom. The summed E-state index contributed by atoms with van der Waals surface area (Å²) in [6, 6.07) is 4.02. The van der Waals surface area contributed by atoms with Gasteiger partial charge in [0.1, 0.15) is 5.82 Å². The quantitative estimate of drug-likeness (QED) is 0.786. The highest BCUT2D eigenvalue weighted by Gasteiger charge is 2.10. The standard InChI is InChI=1S/C15H18FN3O2/c1-19(2)14(20)7-9-18-15(21)12-6-5-11(4-3-8-17)13(16)10-12/h5-6,10H,7-9,17H2,1-2H3,(H,18,21). The maximum atomic E-state index is 13.7. The number of nitrogens with zero attached hydrogens (tertiary/aromatic N) is 1. The molecule has 0 atom stereocenters. The van der Waals surface area contributed by atoms with Crippen molar-refractivity contribution in [2.45, 2.75) is 6.42 Å². The third kappa shape index (κ3) is 5.24. The number of hydrogen-bond donors (Lipinski definition) is 2. The van der Waals surface area contributed by atoms with Gasteiger partial charge in [-0.2, -0.15) is 0 Å². The van der Waals surface area contributed by atoms with E-state index in [1.807, 2.05) is 0 Å². The molecule has 0 fully saturated rings. The summed E-state index contributed by atoms with van der Waals surface area (Å²) in [6.45, 7) is 0.341. The molecule has 0 aliphatic carbocycles. The molecule has 6 heteroatoms. The van der Waals surface area contributed by atoms with Crippen molar-refractivity contribution in [3.05, 3.63) is 35.1 Å². The third-order valence-corrected chi connectivity index (χ3v) is 2.68. The SMILES string of the molecule is CN(C)C(=O)CCNC(=O)c1ccc(C#CCN)c(F)c1. The zero-order valence-corrected chi connectivity index (χ0v) is 12.1. The van der Waals surface area contributed by atoms with E-state index in [-0.39, 0.29) is 36.5 Å². The molecule has 0 spiro atoms. The number of hydrogen-bond acceptors (Lipinski definition) is 3. The molecule has 0 radical (unpaired) electrons. The van der Waals surface area contributed by atoms with Gasteiger partial charge in [-0.3, -0.25) is 9.59 Å². The molecule has 0 saturated heterocycles. The summed E-state index contributed by atoms with van der Waals surface area (Å²) in [6.07, 6.45) is 0.196. The van der Waals surface area contributed by atoms with Crippen molar-refractivity contribution in [3.63, 3.8) is 0 Å². The Hall–Kier alpha value is -2.39. The molecule has 0 heterocycles. The van der Waals surface area contributed by atoms with Crippen molar-refractivity contribution in [1.29, 1.82) is 0 Å². The summed E-state index contributed by atoms with van der Waals surface area (Å²) < 4.78 is 13.7. The molecular formula is C15H18FN3O2. The largest absolute Gasteiger partial charge is 0.352 e.